The second kappa shape index (κ2) is 6.49. The molecule has 0 radical (unpaired) electrons. The summed E-state index contributed by atoms with van der Waals surface area (Å²) in [5.74, 6) is -0.00514. The van der Waals surface area contributed by atoms with Gasteiger partial charge in [0.25, 0.3) is 0 Å². The van der Waals surface area contributed by atoms with Gasteiger partial charge in [-0.2, -0.15) is 5.10 Å². The minimum Gasteiger partial charge on any atom is -0.353 e. The first-order valence-corrected chi connectivity index (χ1v) is 7.04. The quantitative estimate of drug-likeness (QED) is 0.659. The Labute approximate surface area is 117 Å². The maximum absolute atomic E-state index is 11.9. The maximum Gasteiger partial charge on any atom is 0.309 e. The molecule has 1 aliphatic rings. The van der Waals surface area contributed by atoms with Crippen LogP contribution in [-0.2, 0) is 11.3 Å². The summed E-state index contributed by atoms with van der Waals surface area (Å²) in [5, 5.41) is 17.7. The lowest BCUT2D eigenvalue weighted by atomic mass is 9.95. The number of hydrogen-bond acceptors (Lipinski definition) is 4. The number of carbonyl (C=O) groups excluding carboxylic acids is 1. The Balaban J connectivity index is 1.82. The summed E-state index contributed by atoms with van der Waals surface area (Å²) in [6.07, 6.45) is 7.24. The lowest BCUT2D eigenvalue weighted by Crippen LogP contribution is -2.36. The molecule has 0 atom stereocenters. The number of aryl methyl sites for hydroxylation is 1. The van der Waals surface area contributed by atoms with E-state index in [0.717, 1.165) is 12.8 Å². The van der Waals surface area contributed by atoms with Crippen LogP contribution < -0.4 is 5.32 Å². The van der Waals surface area contributed by atoms with Gasteiger partial charge in [-0.25, -0.2) is 0 Å². The first-order chi connectivity index (χ1) is 9.58. The van der Waals surface area contributed by atoms with Crippen molar-refractivity contribution in [1.82, 2.24) is 15.1 Å². The summed E-state index contributed by atoms with van der Waals surface area (Å²) in [4.78, 5) is 22.1. The minimum atomic E-state index is -0.457. The Bertz CT molecular complexity index is 492. The van der Waals surface area contributed by atoms with Crippen molar-refractivity contribution in [1.29, 1.82) is 0 Å². The largest absolute Gasteiger partial charge is 0.353 e. The number of aromatic nitrogens is 2. The Morgan fingerprint density at radius 1 is 1.50 bits per heavy atom. The third-order valence-corrected chi connectivity index (χ3v) is 3.79. The Hall–Kier alpha value is -1.92. The molecule has 7 nitrogen and oxygen atoms in total. The summed E-state index contributed by atoms with van der Waals surface area (Å²) >= 11 is 0. The Kier molecular flexibility index (Phi) is 4.70. The Morgan fingerprint density at radius 3 is 2.80 bits per heavy atom. The smallest absolute Gasteiger partial charge is 0.309 e. The third-order valence-electron chi connectivity index (χ3n) is 3.79. The van der Waals surface area contributed by atoms with Gasteiger partial charge in [0.15, 0.2) is 0 Å². The van der Waals surface area contributed by atoms with E-state index in [-0.39, 0.29) is 11.6 Å². The van der Waals surface area contributed by atoms with Crippen molar-refractivity contribution in [2.24, 2.45) is 0 Å². The molecule has 110 valence electrons. The van der Waals surface area contributed by atoms with Gasteiger partial charge in [-0.3, -0.25) is 19.6 Å². The lowest BCUT2D eigenvalue weighted by molar-refractivity contribution is -0.385. The highest BCUT2D eigenvalue weighted by atomic mass is 16.6. The van der Waals surface area contributed by atoms with Crippen LogP contribution in [0.15, 0.2) is 6.20 Å². The van der Waals surface area contributed by atoms with Crippen molar-refractivity contribution in [2.75, 3.05) is 0 Å². The molecule has 0 aliphatic heterocycles. The van der Waals surface area contributed by atoms with Gasteiger partial charge in [0, 0.05) is 12.5 Å². The Morgan fingerprint density at radius 2 is 2.20 bits per heavy atom. The molecule has 20 heavy (non-hydrogen) atoms. The zero-order valence-corrected chi connectivity index (χ0v) is 11.7. The van der Waals surface area contributed by atoms with Crippen LogP contribution in [0.3, 0.4) is 0 Å². The van der Waals surface area contributed by atoms with E-state index in [1.165, 1.54) is 30.1 Å². The van der Waals surface area contributed by atoms with E-state index >= 15 is 0 Å². The second-order valence-electron chi connectivity index (χ2n) is 5.25. The normalized spacial score (nSPS) is 16.1. The highest BCUT2D eigenvalue weighted by molar-refractivity contribution is 5.76. The number of nitrogens with zero attached hydrogens (tertiary/aromatic N) is 3. The van der Waals surface area contributed by atoms with Crippen LogP contribution in [0.2, 0.25) is 0 Å². The summed E-state index contributed by atoms with van der Waals surface area (Å²) in [6, 6.07) is 0.296. The number of carbonyl (C=O) groups is 1. The van der Waals surface area contributed by atoms with E-state index < -0.39 is 4.92 Å². The molecular weight excluding hydrogens is 260 g/mol. The number of amides is 1. The van der Waals surface area contributed by atoms with Gasteiger partial charge in [-0.1, -0.05) is 19.3 Å². The van der Waals surface area contributed by atoms with Crippen molar-refractivity contribution in [3.05, 3.63) is 22.0 Å². The molecule has 0 unspecified atom stereocenters. The van der Waals surface area contributed by atoms with Crippen LogP contribution in [0.25, 0.3) is 0 Å². The van der Waals surface area contributed by atoms with Gasteiger partial charge in [-0.05, 0) is 19.8 Å². The zero-order valence-electron chi connectivity index (χ0n) is 11.7. The topological polar surface area (TPSA) is 90.1 Å². The van der Waals surface area contributed by atoms with Crippen LogP contribution >= 0.6 is 0 Å². The standard InChI is InChI=1S/C13H20N4O3/c1-10-12(17(19)20)9-14-16(10)8-7-13(18)15-11-5-3-2-4-6-11/h9,11H,2-8H2,1H3,(H,15,18). The third kappa shape index (κ3) is 3.55. The number of nitrogens with one attached hydrogen (secondary N) is 1. The first-order valence-electron chi connectivity index (χ1n) is 7.04. The molecule has 1 heterocycles. The van der Waals surface area contributed by atoms with Crippen LogP contribution in [0.5, 0.6) is 0 Å². The zero-order chi connectivity index (χ0) is 14.5. The lowest BCUT2D eigenvalue weighted by Gasteiger charge is -2.22. The molecule has 1 saturated carbocycles. The number of nitro groups is 1. The van der Waals surface area contributed by atoms with E-state index in [2.05, 4.69) is 10.4 Å². The molecule has 0 saturated heterocycles. The summed E-state index contributed by atoms with van der Waals surface area (Å²) in [7, 11) is 0. The van der Waals surface area contributed by atoms with Gasteiger partial charge >= 0.3 is 5.69 Å². The van der Waals surface area contributed by atoms with Gasteiger partial charge in [0.2, 0.25) is 5.91 Å². The van der Waals surface area contributed by atoms with E-state index in [1.807, 2.05) is 0 Å². The summed E-state index contributed by atoms with van der Waals surface area (Å²) in [6.45, 7) is 2.02. The molecule has 1 fully saturated rings. The van der Waals surface area contributed by atoms with E-state index in [9.17, 15) is 14.9 Å². The van der Waals surface area contributed by atoms with Crippen LogP contribution in [0, 0.1) is 17.0 Å². The van der Waals surface area contributed by atoms with E-state index in [1.54, 1.807) is 6.92 Å². The fourth-order valence-electron chi connectivity index (χ4n) is 2.60. The predicted octanol–water partition coefficient (Wildman–Crippen LogP) is 1.94. The monoisotopic (exact) mass is 280 g/mol. The van der Waals surface area contributed by atoms with Gasteiger partial charge < -0.3 is 5.32 Å². The van der Waals surface area contributed by atoms with Gasteiger partial charge in [0.05, 0.1) is 11.5 Å². The highest BCUT2D eigenvalue weighted by Crippen LogP contribution is 2.18. The molecule has 1 aliphatic carbocycles. The molecular formula is C13H20N4O3. The molecule has 1 amide bonds. The first kappa shape index (κ1) is 14.5. The molecule has 1 aromatic rings. The fraction of sp³-hybridized carbons (Fsp3) is 0.692. The van der Waals surface area contributed by atoms with E-state index in [0.29, 0.717) is 24.7 Å². The van der Waals surface area contributed by atoms with Crippen molar-refractivity contribution in [3.8, 4) is 0 Å². The van der Waals surface area contributed by atoms with Crippen LogP contribution in [0.4, 0.5) is 5.69 Å². The summed E-state index contributed by atoms with van der Waals surface area (Å²) in [5.41, 5.74) is 0.484. The fourth-order valence-corrected chi connectivity index (χ4v) is 2.60. The molecule has 7 heteroatoms. The predicted molar refractivity (Wildman–Crippen MR) is 73.3 cm³/mol. The highest BCUT2D eigenvalue weighted by Gasteiger charge is 2.18. The van der Waals surface area contributed by atoms with Gasteiger partial charge in [-0.15, -0.1) is 0 Å². The maximum atomic E-state index is 11.9. The van der Waals surface area contributed by atoms with Crippen molar-refractivity contribution in [3.63, 3.8) is 0 Å². The molecule has 1 N–H and O–H groups in total. The molecule has 1 aromatic heterocycles. The molecule has 0 spiro atoms. The van der Waals surface area contributed by atoms with Crippen LogP contribution in [0.1, 0.15) is 44.2 Å². The van der Waals surface area contributed by atoms with E-state index in [4.69, 9.17) is 0 Å². The van der Waals surface area contributed by atoms with Gasteiger partial charge in [0.1, 0.15) is 11.9 Å². The summed E-state index contributed by atoms with van der Waals surface area (Å²) < 4.78 is 1.51. The van der Waals surface area contributed by atoms with Crippen molar-refractivity contribution < 1.29 is 9.72 Å². The molecule has 2 rings (SSSR count). The SMILES string of the molecule is Cc1c([N+](=O)[O-])cnn1CCC(=O)NC1CCCCC1. The average molecular weight is 280 g/mol. The molecule has 0 aromatic carbocycles. The minimum absolute atomic E-state index is 0.00214. The van der Waals surface area contributed by atoms with Crippen molar-refractivity contribution >= 4 is 11.6 Å². The molecule has 0 bridgehead atoms. The average Bonchev–Trinajstić information content (AvgIpc) is 2.79. The second-order valence-corrected chi connectivity index (χ2v) is 5.25. The van der Waals surface area contributed by atoms with Crippen LogP contribution in [-0.4, -0.2) is 26.7 Å². The number of hydrogen-bond donors (Lipinski definition) is 1. The van der Waals surface area contributed by atoms with Crippen molar-refractivity contribution in [2.45, 2.75) is 58.0 Å². The number of rotatable bonds is 5.